The standard InChI is InChI=1S/C15H10FNO/c16-11-5-3-10(4-6-11)12-7-8-14(18)15-13(12)2-1-9-17-15/h1-9,18H. The van der Waals surface area contributed by atoms with Gasteiger partial charge in [0.1, 0.15) is 17.1 Å². The molecule has 0 amide bonds. The molecule has 0 unspecified atom stereocenters. The molecule has 0 aliphatic heterocycles. The zero-order chi connectivity index (χ0) is 12.5. The minimum Gasteiger partial charge on any atom is -0.506 e. The minimum absolute atomic E-state index is 0.150. The fourth-order valence-corrected chi connectivity index (χ4v) is 2.04. The van der Waals surface area contributed by atoms with Gasteiger partial charge in [-0.15, -0.1) is 0 Å². The van der Waals surface area contributed by atoms with Crippen LogP contribution in [0.2, 0.25) is 0 Å². The number of fused-ring (bicyclic) bond motifs is 1. The van der Waals surface area contributed by atoms with Gasteiger partial charge in [-0.05, 0) is 41.5 Å². The highest BCUT2D eigenvalue weighted by atomic mass is 19.1. The van der Waals surface area contributed by atoms with Crippen LogP contribution in [0, 0.1) is 5.82 Å². The fraction of sp³-hybridized carbons (Fsp3) is 0. The van der Waals surface area contributed by atoms with Crippen LogP contribution in [0.1, 0.15) is 0 Å². The molecule has 0 bridgehead atoms. The fourth-order valence-electron chi connectivity index (χ4n) is 2.04. The van der Waals surface area contributed by atoms with Crippen molar-refractivity contribution >= 4 is 10.9 Å². The first-order valence-corrected chi connectivity index (χ1v) is 5.58. The Morgan fingerprint density at radius 3 is 2.50 bits per heavy atom. The molecule has 18 heavy (non-hydrogen) atoms. The normalized spacial score (nSPS) is 10.7. The quantitative estimate of drug-likeness (QED) is 0.701. The van der Waals surface area contributed by atoms with E-state index in [9.17, 15) is 9.50 Å². The van der Waals surface area contributed by atoms with Gasteiger partial charge >= 0.3 is 0 Å². The maximum Gasteiger partial charge on any atom is 0.141 e. The zero-order valence-electron chi connectivity index (χ0n) is 9.47. The number of aromatic hydroxyl groups is 1. The third-order valence-corrected chi connectivity index (χ3v) is 2.90. The molecule has 0 saturated heterocycles. The summed E-state index contributed by atoms with van der Waals surface area (Å²) in [7, 11) is 0. The van der Waals surface area contributed by atoms with Gasteiger partial charge in [-0.3, -0.25) is 4.98 Å². The van der Waals surface area contributed by atoms with Crippen molar-refractivity contribution < 1.29 is 9.50 Å². The summed E-state index contributed by atoms with van der Waals surface area (Å²) < 4.78 is 12.9. The lowest BCUT2D eigenvalue weighted by Crippen LogP contribution is -1.85. The second-order valence-electron chi connectivity index (χ2n) is 4.04. The van der Waals surface area contributed by atoms with E-state index in [-0.39, 0.29) is 11.6 Å². The maximum absolute atomic E-state index is 12.9. The molecule has 0 aliphatic carbocycles. The van der Waals surface area contributed by atoms with Crippen molar-refractivity contribution in [2.24, 2.45) is 0 Å². The topological polar surface area (TPSA) is 33.1 Å². The highest BCUT2D eigenvalue weighted by Gasteiger charge is 2.07. The first kappa shape index (κ1) is 10.7. The predicted molar refractivity (Wildman–Crippen MR) is 68.8 cm³/mol. The number of phenols is 1. The summed E-state index contributed by atoms with van der Waals surface area (Å²) in [5.74, 6) is -0.114. The van der Waals surface area contributed by atoms with Gasteiger partial charge in [-0.25, -0.2) is 4.39 Å². The summed E-state index contributed by atoms with van der Waals surface area (Å²) in [6.45, 7) is 0. The largest absolute Gasteiger partial charge is 0.506 e. The number of benzene rings is 2. The average molecular weight is 239 g/mol. The molecule has 3 aromatic rings. The first-order chi connectivity index (χ1) is 8.75. The molecule has 2 aromatic carbocycles. The van der Waals surface area contributed by atoms with Crippen LogP contribution in [-0.2, 0) is 0 Å². The van der Waals surface area contributed by atoms with Crippen LogP contribution in [-0.4, -0.2) is 10.1 Å². The summed E-state index contributed by atoms with van der Waals surface area (Å²) in [5.41, 5.74) is 2.38. The molecule has 3 rings (SSSR count). The number of hydrogen-bond acceptors (Lipinski definition) is 2. The Kier molecular flexibility index (Phi) is 2.45. The monoisotopic (exact) mass is 239 g/mol. The lowest BCUT2D eigenvalue weighted by molar-refractivity contribution is 0.480. The van der Waals surface area contributed by atoms with E-state index in [1.165, 1.54) is 12.1 Å². The third kappa shape index (κ3) is 1.70. The summed E-state index contributed by atoms with van der Waals surface area (Å²) >= 11 is 0. The van der Waals surface area contributed by atoms with E-state index >= 15 is 0 Å². The van der Waals surface area contributed by atoms with E-state index in [1.807, 2.05) is 18.2 Å². The number of phenolic OH excluding ortho intramolecular Hbond substituents is 1. The van der Waals surface area contributed by atoms with Crippen molar-refractivity contribution in [3.8, 4) is 16.9 Å². The number of rotatable bonds is 1. The lowest BCUT2D eigenvalue weighted by atomic mass is 10.0. The van der Waals surface area contributed by atoms with Gasteiger partial charge in [-0.2, -0.15) is 0 Å². The van der Waals surface area contributed by atoms with Crippen molar-refractivity contribution in [2.45, 2.75) is 0 Å². The van der Waals surface area contributed by atoms with E-state index in [4.69, 9.17) is 0 Å². The van der Waals surface area contributed by atoms with Crippen LogP contribution in [0.3, 0.4) is 0 Å². The van der Waals surface area contributed by atoms with Crippen molar-refractivity contribution in [1.29, 1.82) is 0 Å². The van der Waals surface area contributed by atoms with E-state index in [1.54, 1.807) is 24.4 Å². The van der Waals surface area contributed by atoms with Gasteiger partial charge in [0.25, 0.3) is 0 Å². The molecule has 3 heteroatoms. The second kappa shape index (κ2) is 4.11. The third-order valence-electron chi connectivity index (χ3n) is 2.90. The number of pyridine rings is 1. The Balaban J connectivity index is 2.30. The van der Waals surface area contributed by atoms with Crippen molar-refractivity contribution in [1.82, 2.24) is 4.98 Å². The Hall–Kier alpha value is -2.42. The Morgan fingerprint density at radius 1 is 0.944 bits per heavy atom. The molecular weight excluding hydrogens is 229 g/mol. The smallest absolute Gasteiger partial charge is 0.141 e. The molecular formula is C15H10FNO. The Labute approximate surface area is 103 Å². The van der Waals surface area contributed by atoms with Crippen LogP contribution in [0.4, 0.5) is 4.39 Å². The summed E-state index contributed by atoms with van der Waals surface area (Å²) in [4.78, 5) is 4.16. The zero-order valence-corrected chi connectivity index (χ0v) is 9.47. The molecule has 0 saturated carbocycles. The molecule has 1 aromatic heterocycles. The number of nitrogens with zero attached hydrogens (tertiary/aromatic N) is 1. The van der Waals surface area contributed by atoms with E-state index < -0.39 is 0 Å². The van der Waals surface area contributed by atoms with Crippen LogP contribution >= 0.6 is 0 Å². The lowest BCUT2D eigenvalue weighted by Gasteiger charge is -2.07. The molecule has 0 spiro atoms. The SMILES string of the molecule is Oc1ccc(-c2ccc(F)cc2)c2cccnc12. The molecule has 1 heterocycles. The molecule has 0 aliphatic rings. The Morgan fingerprint density at radius 2 is 1.72 bits per heavy atom. The van der Waals surface area contributed by atoms with Gasteiger partial charge in [0.2, 0.25) is 0 Å². The maximum atomic E-state index is 12.9. The number of aromatic nitrogens is 1. The second-order valence-corrected chi connectivity index (χ2v) is 4.04. The van der Waals surface area contributed by atoms with E-state index in [0.29, 0.717) is 5.52 Å². The number of halogens is 1. The van der Waals surface area contributed by atoms with Crippen LogP contribution in [0.5, 0.6) is 5.75 Å². The summed E-state index contributed by atoms with van der Waals surface area (Å²) in [5, 5.41) is 10.6. The highest BCUT2D eigenvalue weighted by Crippen LogP contribution is 2.32. The Bertz CT molecular complexity index is 707. The molecule has 0 fully saturated rings. The summed E-state index contributed by atoms with van der Waals surface area (Å²) in [6, 6.07) is 13.4. The number of hydrogen-bond donors (Lipinski definition) is 1. The highest BCUT2D eigenvalue weighted by molar-refractivity contribution is 5.97. The predicted octanol–water partition coefficient (Wildman–Crippen LogP) is 3.75. The summed E-state index contributed by atoms with van der Waals surface area (Å²) in [6.07, 6.45) is 1.64. The van der Waals surface area contributed by atoms with E-state index in [2.05, 4.69) is 4.98 Å². The molecule has 88 valence electrons. The van der Waals surface area contributed by atoms with Gasteiger partial charge in [0, 0.05) is 11.6 Å². The van der Waals surface area contributed by atoms with Gasteiger partial charge in [0.05, 0.1) is 0 Å². The van der Waals surface area contributed by atoms with Crippen LogP contribution in [0.15, 0.2) is 54.7 Å². The van der Waals surface area contributed by atoms with Crippen LogP contribution < -0.4 is 0 Å². The van der Waals surface area contributed by atoms with Crippen molar-refractivity contribution in [3.63, 3.8) is 0 Å². The first-order valence-electron chi connectivity index (χ1n) is 5.58. The molecule has 0 radical (unpaired) electrons. The van der Waals surface area contributed by atoms with Gasteiger partial charge < -0.3 is 5.11 Å². The van der Waals surface area contributed by atoms with E-state index in [0.717, 1.165) is 16.5 Å². The molecule has 2 nitrogen and oxygen atoms in total. The molecule has 1 N–H and O–H groups in total. The van der Waals surface area contributed by atoms with Crippen LogP contribution in [0.25, 0.3) is 22.0 Å². The molecule has 0 atom stereocenters. The van der Waals surface area contributed by atoms with Gasteiger partial charge in [0.15, 0.2) is 0 Å². The van der Waals surface area contributed by atoms with Gasteiger partial charge in [-0.1, -0.05) is 18.2 Å². The van der Waals surface area contributed by atoms with Crippen molar-refractivity contribution in [2.75, 3.05) is 0 Å². The minimum atomic E-state index is -0.264. The van der Waals surface area contributed by atoms with Crippen molar-refractivity contribution in [3.05, 3.63) is 60.5 Å². The average Bonchev–Trinajstić information content (AvgIpc) is 2.41.